The molecule has 86 valence electrons. The Bertz CT molecular complexity index is 549. The van der Waals surface area contributed by atoms with E-state index in [-0.39, 0.29) is 5.46 Å². The van der Waals surface area contributed by atoms with Gasteiger partial charge in [-0.25, -0.2) is 0 Å². The molecule has 0 bridgehead atoms. The van der Waals surface area contributed by atoms with Gasteiger partial charge in [0.2, 0.25) is 0 Å². The number of hydrogen-bond acceptors (Lipinski definition) is 3. The van der Waals surface area contributed by atoms with Gasteiger partial charge in [0.1, 0.15) is 0 Å². The van der Waals surface area contributed by atoms with E-state index in [9.17, 15) is 0 Å². The Morgan fingerprint density at radius 3 is 2.47 bits per heavy atom. The molecule has 0 saturated heterocycles. The molecule has 0 fully saturated rings. The molecule has 0 radical (unpaired) electrons. The largest absolute Gasteiger partial charge is 0.490 e. The van der Waals surface area contributed by atoms with Crippen LogP contribution in [0.25, 0.3) is 11.3 Å². The molecule has 0 amide bonds. The van der Waals surface area contributed by atoms with Gasteiger partial charge >= 0.3 is 7.12 Å². The van der Waals surface area contributed by atoms with E-state index in [2.05, 4.69) is 4.98 Å². The quantitative estimate of drug-likeness (QED) is 0.815. The van der Waals surface area contributed by atoms with Crippen LogP contribution in [0.4, 0.5) is 0 Å². The molecule has 0 saturated carbocycles. The highest BCUT2D eigenvalue weighted by atomic mass is 35.5. The zero-order chi connectivity index (χ0) is 12.4. The summed E-state index contributed by atoms with van der Waals surface area (Å²) in [6.07, 6.45) is 1.37. The van der Waals surface area contributed by atoms with Crippen LogP contribution >= 0.6 is 23.2 Å². The van der Waals surface area contributed by atoms with E-state index in [0.717, 1.165) is 5.56 Å². The van der Waals surface area contributed by atoms with Crippen LogP contribution in [0.15, 0.2) is 36.5 Å². The number of nitrogens with zero attached hydrogens (tertiary/aromatic N) is 1. The summed E-state index contributed by atoms with van der Waals surface area (Å²) in [6.45, 7) is 0. The van der Waals surface area contributed by atoms with Crippen LogP contribution in [-0.2, 0) is 0 Å². The molecule has 2 aromatic rings. The van der Waals surface area contributed by atoms with E-state index >= 15 is 0 Å². The van der Waals surface area contributed by atoms with Crippen LogP contribution in [-0.4, -0.2) is 22.2 Å². The van der Waals surface area contributed by atoms with Crippen molar-refractivity contribution in [1.82, 2.24) is 4.98 Å². The van der Waals surface area contributed by atoms with Crippen LogP contribution in [0, 0.1) is 0 Å². The second-order valence-corrected chi connectivity index (χ2v) is 4.33. The summed E-state index contributed by atoms with van der Waals surface area (Å²) in [7, 11) is -1.58. The van der Waals surface area contributed by atoms with Gasteiger partial charge in [0.25, 0.3) is 0 Å². The minimum absolute atomic E-state index is 0.251. The van der Waals surface area contributed by atoms with Gasteiger partial charge in [0.15, 0.2) is 0 Å². The van der Waals surface area contributed by atoms with Gasteiger partial charge in [-0.1, -0.05) is 35.3 Å². The molecule has 1 aromatic heterocycles. The highest BCUT2D eigenvalue weighted by Gasteiger charge is 2.14. The lowest BCUT2D eigenvalue weighted by atomic mass is 9.81. The summed E-state index contributed by atoms with van der Waals surface area (Å²) < 4.78 is 0. The molecule has 3 nitrogen and oxygen atoms in total. The zero-order valence-electron chi connectivity index (χ0n) is 8.64. The van der Waals surface area contributed by atoms with Gasteiger partial charge in [-0.3, -0.25) is 4.98 Å². The topological polar surface area (TPSA) is 53.4 Å². The molecule has 0 aliphatic heterocycles. The number of halogens is 2. The van der Waals surface area contributed by atoms with Crippen LogP contribution in [0.2, 0.25) is 10.0 Å². The molecule has 0 atom stereocenters. The van der Waals surface area contributed by atoms with Crippen molar-refractivity contribution >= 4 is 35.8 Å². The smallest absolute Gasteiger partial charge is 0.423 e. The van der Waals surface area contributed by atoms with Gasteiger partial charge < -0.3 is 10.0 Å². The van der Waals surface area contributed by atoms with Crippen molar-refractivity contribution < 1.29 is 10.0 Å². The maximum Gasteiger partial charge on any atom is 0.490 e. The standard InChI is InChI=1S/C11H8BCl2NO2/c13-9-3-1-2-7(4-9)11-10(14)5-8(6-15-11)12(16)17/h1-6,16-17H. The molecule has 2 N–H and O–H groups in total. The van der Waals surface area contributed by atoms with E-state index in [1.165, 1.54) is 12.3 Å². The van der Waals surface area contributed by atoms with Crippen molar-refractivity contribution in [1.29, 1.82) is 0 Å². The summed E-state index contributed by atoms with van der Waals surface area (Å²) in [5, 5.41) is 18.9. The second kappa shape index (κ2) is 5.06. The summed E-state index contributed by atoms with van der Waals surface area (Å²) in [5.74, 6) is 0. The molecule has 2 rings (SSSR count). The third-order valence-corrected chi connectivity index (χ3v) is 2.78. The van der Waals surface area contributed by atoms with E-state index < -0.39 is 7.12 Å². The Labute approximate surface area is 109 Å². The van der Waals surface area contributed by atoms with Crippen molar-refractivity contribution in [2.45, 2.75) is 0 Å². The summed E-state index contributed by atoms with van der Waals surface area (Å²) >= 11 is 11.9. The van der Waals surface area contributed by atoms with Crippen molar-refractivity contribution in [3.63, 3.8) is 0 Å². The number of benzene rings is 1. The molecule has 1 aromatic carbocycles. The van der Waals surface area contributed by atoms with Gasteiger partial charge in [-0.15, -0.1) is 0 Å². The van der Waals surface area contributed by atoms with Crippen molar-refractivity contribution in [2.75, 3.05) is 0 Å². The fourth-order valence-electron chi connectivity index (χ4n) is 1.44. The SMILES string of the molecule is OB(O)c1cnc(-c2cccc(Cl)c2)c(Cl)c1. The Kier molecular flexibility index (Phi) is 3.69. The van der Waals surface area contributed by atoms with Gasteiger partial charge in [0, 0.05) is 22.2 Å². The zero-order valence-corrected chi connectivity index (χ0v) is 10.2. The Balaban J connectivity index is 2.47. The normalized spacial score (nSPS) is 10.4. The average molecular weight is 268 g/mol. The molecular formula is C11H8BCl2NO2. The molecule has 0 spiro atoms. The van der Waals surface area contributed by atoms with Crippen LogP contribution in [0.5, 0.6) is 0 Å². The Morgan fingerprint density at radius 2 is 1.88 bits per heavy atom. The monoisotopic (exact) mass is 267 g/mol. The highest BCUT2D eigenvalue weighted by molar-refractivity contribution is 6.59. The van der Waals surface area contributed by atoms with Crippen LogP contribution < -0.4 is 5.46 Å². The number of hydrogen-bond donors (Lipinski definition) is 2. The fraction of sp³-hybridized carbons (Fsp3) is 0. The molecule has 0 unspecified atom stereocenters. The van der Waals surface area contributed by atoms with E-state index in [0.29, 0.717) is 15.7 Å². The maximum absolute atomic E-state index is 8.99. The predicted octanol–water partition coefficient (Wildman–Crippen LogP) is 1.74. The minimum atomic E-state index is -1.58. The first-order valence-electron chi connectivity index (χ1n) is 4.85. The van der Waals surface area contributed by atoms with Crippen molar-refractivity contribution in [3.05, 3.63) is 46.6 Å². The lowest BCUT2D eigenvalue weighted by Gasteiger charge is -2.06. The van der Waals surface area contributed by atoms with Crippen molar-refractivity contribution in [3.8, 4) is 11.3 Å². The molecule has 17 heavy (non-hydrogen) atoms. The lowest BCUT2D eigenvalue weighted by Crippen LogP contribution is -2.30. The van der Waals surface area contributed by atoms with Crippen molar-refractivity contribution in [2.24, 2.45) is 0 Å². The third kappa shape index (κ3) is 2.79. The first-order chi connectivity index (χ1) is 8.08. The first kappa shape index (κ1) is 12.4. The van der Waals surface area contributed by atoms with Gasteiger partial charge in [-0.05, 0) is 18.2 Å². The highest BCUT2D eigenvalue weighted by Crippen LogP contribution is 2.26. The minimum Gasteiger partial charge on any atom is -0.423 e. The van der Waals surface area contributed by atoms with E-state index in [1.807, 2.05) is 6.07 Å². The van der Waals surface area contributed by atoms with Crippen LogP contribution in [0.3, 0.4) is 0 Å². The van der Waals surface area contributed by atoms with E-state index in [4.69, 9.17) is 33.2 Å². The number of pyridine rings is 1. The number of rotatable bonds is 2. The maximum atomic E-state index is 8.99. The van der Waals surface area contributed by atoms with Crippen LogP contribution in [0.1, 0.15) is 0 Å². The molecule has 6 heteroatoms. The third-order valence-electron chi connectivity index (χ3n) is 2.26. The number of aromatic nitrogens is 1. The second-order valence-electron chi connectivity index (χ2n) is 3.48. The first-order valence-corrected chi connectivity index (χ1v) is 5.61. The molecular weight excluding hydrogens is 260 g/mol. The summed E-state index contributed by atoms with van der Waals surface area (Å²) in [5.41, 5.74) is 1.58. The Morgan fingerprint density at radius 1 is 1.12 bits per heavy atom. The Hall–Kier alpha value is -1.07. The lowest BCUT2D eigenvalue weighted by molar-refractivity contribution is 0.425. The predicted molar refractivity (Wildman–Crippen MR) is 69.5 cm³/mol. The summed E-state index contributed by atoms with van der Waals surface area (Å²) in [6, 6.07) is 8.59. The average Bonchev–Trinajstić information content (AvgIpc) is 2.28. The molecule has 1 heterocycles. The van der Waals surface area contributed by atoms with Gasteiger partial charge in [-0.2, -0.15) is 0 Å². The van der Waals surface area contributed by atoms with E-state index in [1.54, 1.807) is 18.2 Å². The molecule has 0 aliphatic rings. The summed E-state index contributed by atoms with van der Waals surface area (Å²) in [4.78, 5) is 4.10. The van der Waals surface area contributed by atoms with Gasteiger partial charge in [0.05, 0.1) is 10.7 Å². The fourth-order valence-corrected chi connectivity index (χ4v) is 1.92. The molecule has 0 aliphatic carbocycles.